The quantitative estimate of drug-likeness (QED) is 0.697. The topological polar surface area (TPSA) is 12.0 Å². The van der Waals surface area contributed by atoms with Crippen molar-refractivity contribution in [1.82, 2.24) is 5.32 Å². The van der Waals surface area contributed by atoms with E-state index < -0.39 is 0 Å². The van der Waals surface area contributed by atoms with Crippen LogP contribution >= 0.6 is 0 Å². The van der Waals surface area contributed by atoms with Gasteiger partial charge in [0.1, 0.15) is 0 Å². The van der Waals surface area contributed by atoms with Gasteiger partial charge in [-0.15, -0.1) is 0 Å². The molecule has 2 aliphatic rings. The van der Waals surface area contributed by atoms with Crippen molar-refractivity contribution in [3.8, 4) is 0 Å². The largest absolute Gasteiger partial charge is 0.316 e. The summed E-state index contributed by atoms with van der Waals surface area (Å²) < 4.78 is 0. The van der Waals surface area contributed by atoms with Crippen LogP contribution < -0.4 is 5.32 Å². The molecule has 1 nitrogen and oxygen atoms in total. The smallest absolute Gasteiger partial charge is 0.00107 e. The van der Waals surface area contributed by atoms with Gasteiger partial charge in [0.2, 0.25) is 0 Å². The van der Waals surface area contributed by atoms with E-state index >= 15 is 0 Å². The minimum Gasteiger partial charge on any atom is -0.316 e. The second-order valence-corrected chi connectivity index (χ2v) is 6.38. The zero-order valence-electron chi connectivity index (χ0n) is 10.7. The Kier molecular flexibility index (Phi) is 3.39. The van der Waals surface area contributed by atoms with Gasteiger partial charge in [-0.3, -0.25) is 0 Å². The van der Waals surface area contributed by atoms with Crippen LogP contribution in [0.4, 0.5) is 0 Å². The van der Waals surface area contributed by atoms with Gasteiger partial charge >= 0.3 is 0 Å². The van der Waals surface area contributed by atoms with E-state index in [0.29, 0.717) is 5.41 Å². The Morgan fingerprint density at radius 2 is 2.07 bits per heavy atom. The minimum atomic E-state index is 0.657. The highest BCUT2D eigenvalue weighted by Crippen LogP contribution is 2.50. The van der Waals surface area contributed by atoms with Gasteiger partial charge in [0.25, 0.3) is 0 Å². The monoisotopic (exact) mass is 209 g/mol. The van der Waals surface area contributed by atoms with Gasteiger partial charge < -0.3 is 5.32 Å². The highest BCUT2D eigenvalue weighted by molar-refractivity contribution is 4.96. The third kappa shape index (κ3) is 2.22. The van der Waals surface area contributed by atoms with Crippen molar-refractivity contribution in [2.45, 2.75) is 52.9 Å². The second kappa shape index (κ2) is 4.45. The molecule has 3 unspecified atom stereocenters. The van der Waals surface area contributed by atoms with Crippen molar-refractivity contribution >= 4 is 0 Å². The number of hydrogen-bond acceptors (Lipinski definition) is 1. The number of rotatable bonds is 1. The first-order chi connectivity index (χ1) is 7.14. The Bertz CT molecular complexity index is 203. The first kappa shape index (κ1) is 11.4. The van der Waals surface area contributed by atoms with E-state index in [9.17, 15) is 0 Å². The van der Waals surface area contributed by atoms with Crippen LogP contribution in [0.2, 0.25) is 0 Å². The van der Waals surface area contributed by atoms with Crippen LogP contribution in [0, 0.1) is 23.2 Å². The van der Waals surface area contributed by atoms with Gasteiger partial charge in [0.15, 0.2) is 0 Å². The summed E-state index contributed by atoms with van der Waals surface area (Å²) in [6.07, 6.45) is 7.29. The fourth-order valence-corrected chi connectivity index (χ4v) is 4.24. The molecule has 1 spiro atoms. The fraction of sp³-hybridized carbons (Fsp3) is 1.00. The summed E-state index contributed by atoms with van der Waals surface area (Å²) in [5.41, 5.74) is 0.657. The van der Waals surface area contributed by atoms with Crippen LogP contribution in [0.5, 0.6) is 0 Å². The summed E-state index contributed by atoms with van der Waals surface area (Å²) in [6.45, 7) is 9.85. The normalized spacial score (nSPS) is 42.4. The number of piperidine rings is 1. The molecule has 3 atom stereocenters. The van der Waals surface area contributed by atoms with Crippen LogP contribution in [0.15, 0.2) is 0 Å². The van der Waals surface area contributed by atoms with E-state index in [1.807, 2.05) is 0 Å². The molecule has 2 rings (SSSR count). The molecule has 0 bridgehead atoms. The summed E-state index contributed by atoms with van der Waals surface area (Å²) >= 11 is 0. The Hall–Kier alpha value is -0.0400. The van der Waals surface area contributed by atoms with Crippen molar-refractivity contribution in [3.05, 3.63) is 0 Å². The molecule has 15 heavy (non-hydrogen) atoms. The van der Waals surface area contributed by atoms with E-state index in [2.05, 4.69) is 26.1 Å². The standard InChI is InChI=1S/C14H27N/c1-11(2)13-6-5-12(3)9-14(13)7-4-8-15-10-14/h11-13,15H,4-10H2,1-3H3. The summed E-state index contributed by atoms with van der Waals surface area (Å²) in [4.78, 5) is 0. The highest BCUT2D eigenvalue weighted by Gasteiger charge is 2.44. The molecule has 1 heteroatoms. The summed E-state index contributed by atoms with van der Waals surface area (Å²) in [6, 6.07) is 0. The maximum atomic E-state index is 3.65. The molecular formula is C14H27N. The second-order valence-electron chi connectivity index (χ2n) is 6.38. The minimum absolute atomic E-state index is 0.657. The molecule has 1 saturated carbocycles. The molecule has 1 aliphatic carbocycles. The van der Waals surface area contributed by atoms with E-state index in [1.165, 1.54) is 45.2 Å². The lowest BCUT2D eigenvalue weighted by atomic mass is 9.57. The van der Waals surface area contributed by atoms with Crippen molar-refractivity contribution in [1.29, 1.82) is 0 Å². The van der Waals surface area contributed by atoms with Crippen LogP contribution in [0.25, 0.3) is 0 Å². The van der Waals surface area contributed by atoms with E-state index in [0.717, 1.165) is 17.8 Å². The molecule has 88 valence electrons. The molecular weight excluding hydrogens is 182 g/mol. The number of hydrogen-bond donors (Lipinski definition) is 1. The Morgan fingerprint density at radius 1 is 1.27 bits per heavy atom. The van der Waals surface area contributed by atoms with Crippen LogP contribution in [-0.2, 0) is 0 Å². The fourth-order valence-electron chi connectivity index (χ4n) is 4.24. The molecule has 0 aromatic heterocycles. The van der Waals surface area contributed by atoms with Crippen LogP contribution in [0.3, 0.4) is 0 Å². The SMILES string of the molecule is CC1CCC(C(C)C)C2(CCCNC2)C1. The molecule has 1 N–H and O–H groups in total. The average molecular weight is 209 g/mol. The Morgan fingerprint density at radius 3 is 2.67 bits per heavy atom. The van der Waals surface area contributed by atoms with Gasteiger partial charge in [0.05, 0.1) is 0 Å². The van der Waals surface area contributed by atoms with Gasteiger partial charge in [-0.05, 0) is 55.4 Å². The van der Waals surface area contributed by atoms with Gasteiger partial charge in [0, 0.05) is 6.54 Å². The predicted molar refractivity (Wildman–Crippen MR) is 65.9 cm³/mol. The van der Waals surface area contributed by atoms with E-state index in [-0.39, 0.29) is 0 Å². The van der Waals surface area contributed by atoms with Gasteiger partial charge in [-0.1, -0.05) is 27.2 Å². The molecule has 1 saturated heterocycles. The zero-order chi connectivity index (χ0) is 10.9. The summed E-state index contributed by atoms with van der Waals surface area (Å²) in [5.74, 6) is 2.80. The van der Waals surface area contributed by atoms with Crippen molar-refractivity contribution in [2.75, 3.05) is 13.1 Å². The molecule has 1 heterocycles. The molecule has 0 amide bonds. The first-order valence-electron chi connectivity index (χ1n) is 6.85. The molecule has 0 aromatic carbocycles. The zero-order valence-corrected chi connectivity index (χ0v) is 10.7. The molecule has 2 fully saturated rings. The third-order valence-electron chi connectivity index (χ3n) is 4.82. The predicted octanol–water partition coefficient (Wildman–Crippen LogP) is 3.45. The van der Waals surface area contributed by atoms with Crippen molar-refractivity contribution < 1.29 is 0 Å². The summed E-state index contributed by atoms with van der Waals surface area (Å²) in [7, 11) is 0. The average Bonchev–Trinajstić information content (AvgIpc) is 2.18. The molecule has 1 aliphatic heterocycles. The molecule has 0 aromatic rings. The maximum Gasteiger partial charge on any atom is 0.00107 e. The Labute approximate surface area is 95.0 Å². The lowest BCUT2D eigenvalue weighted by Gasteiger charge is -2.51. The number of nitrogens with one attached hydrogen (secondary N) is 1. The van der Waals surface area contributed by atoms with Crippen LogP contribution in [0.1, 0.15) is 52.9 Å². The van der Waals surface area contributed by atoms with Gasteiger partial charge in [-0.2, -0.15) is 0 Å². The summed E-state index contributed by atoms with van der Waals surface area (Å²) in [5, 5.41) is 3.65. The van der Waals surface area contributed by atoms with E-state index in [1.54, 1.807) is 0 Å². The first-order valence-corrected chi connectivity index (χ1v) is 6.85. The van der Waals surface area contributed by atoms with E-state index in [4.69, 9.17) is 0 Å². The van der Waals surface area contributed by atoms with Crippen molar-refractivity contribution in [3.63, 3.8) is 0 Å². The van der Waals surface area contributed by atoms with Crippen molar-refractivity contribution in [2.24, 2.45) is 23.2 Å². The lowest BCUT2D eigenvalue weighted by molar-refractivity contribution is 0.0101. The van der Waals surface area contributed by atoms with Crippen LogP contribution in [-0.4, -0.2) is 13.1 Å². The maximum absolute atomic E-state index is 3.65. The third-order valence-corrected chi connectivity index (χ3v) is 4.82. The van der Waals surface area contributed by atoms with Gasteiger partial charge in [-0.25, -0.2) is 0 Å². The highest BCUT2D eigenvalue weighted by atomic mass is 14.9. The Balaban J connectivity index is 2.14. The molecule has 0 radical (unpaired) electrons. The lowest BCUT2D eigenvalue weighted by Crippen LogP contribution is -2.49.